The Hall–Kier alpha value is -1.10. The van der Waals surface area contributed by atoms with Crippen molar-refractivity contribution in [1.29, 1.82) is 0 Å². The molecule has 0 bridgehead atoms. The summed E-state index contributed by atoms with van der Waals surface area (Å²) in [7, 11) is 0. The van der Waals surface area contributed by atoms with E-state index in [4.69, 9.17) is 5.73 Å². The van der Waals surface area contributed by atoms with Crippen molar-refractivity contribution in [3.8, 4) is 0 Å². The third kappa shape index (κ3) is 6.89. The van der Waals surface area contributed by atoms with Crippen molar-refractivity contribution in [1.82, 2.24) is 4.90 Å². The molecular weight excluding hydrogens is 256 g/mol. The molecule has 1 rings (SSSR count). The Kier molecular flexibility index (Phi) is 8.26. The van der Waals surface area contributed by atoms with Gasteiger partial charge in [-0.3, -0.25) is 14.5 Å². The molecule has 0 saturated carbocycles. The molecule has 116 valence electrons. The molecule has 1 unspecified atom stereocenters. The van der Waals surface area contributed by atoms with Gasteiger partial charge in [0.15, 0.2) is 0 Å². The first-order valence-corrected chi connectivity index (χ1v) is 7.86. The second-order valence-corrected chi connectivity index (χ2v) is 5.72. The van der Waals surface area contributed by atoms with Crippen LogP contribution >= 0.6 is 0 Å². The second kappa shape index (κ2) is 9.75. The predicted molar refractivity (Wildman–Crippen MR) is 78.4 cm³/mol. The first-order valence-electron chi connectivity index (χ1n) is 7.86. The van der Waals surface area contributed by atoms with Crippen LogP contribution in [0.2, 0.25) is 0 Å². The Bertz CT molecular complexity index is 301. The van der Waals surface area contributed by atoms with E-state index < -0.39 is 5.97 Å². The zero-order chi connectivity index (χ0) is 14.8. The number of primary amides is 1. The Morgan fingerprint density at radius 3 is 2.20 bits per heavy atom. The van der Waals surface area contributed by atoms with Gasteiger partial charge in [-0.1, -0.05) is 32.1 Å². The van der Waals surface area contributed by atoms with Crippen LogP contribution < -0.4 is 5.73 Å². The van der Waals surface area contributed by atoms with Crippen molar-refractivity contribution in [2.75, 3.05) is 13.1 Å². The summed E-state index contributed by atoms with van der Waals surface area (Å²) in [6, 6.07) is -0.305. The third-order valence-electron chi connectivity index (χ3n) is 4.02. The van der Waals surface area contributed by atoms with E-state index in [0.717, 1.165) is 64.5 Å². The molecule has 1 saturated heterocycles. The predicted octanol–water partition coefficient (Wildman–Crippen LogP) is 2.14. The zero-order valence-electron chi connectivity index (χ0n) is 12.4. The summed E-state index contributed by atoms with van der Waals surface area (Å²) < 4.78 is 0. The fourth-order valence-corrected chi connectivity index (χ4v) is 2.86. The lowest BCUT2D eigenvalue weighted by molar-refractivity contribution is -0.144. The van der Waals surface area contributed by atoms with E-state index in [-0.39, 0.29) is 11.9 Å². The minimum absolute atomic E-state index is 0.235. The Morgan fingerprint density at radius 1 is 1.00 bits per heavy atom. The van der Waals surface area contributed by atoms with E-state index in [1.54, 1.807) is 0 Å². The summed E-state index contributed by atoms with van der Waals surface area (Å²) in [5.74, 6) is -0.915. The number of carbonyl (C=O) groups excluding carboxylic acids is 1. The van der Waals surface area contributed by atoms with Crippen molar-refractivity contribution in [3.63, 3.8) is 0 Å². The molecule has 5 heteroatoms. The first kappa shape index (κ1) is 17.0. The van der Waals surface area contributed by atoms with Gasteiger partial charge in [0.2, 0.25) is 5.91 Å². The highest BCUT2D eigenvalue weighted by molar-refractivity contribution is 5.73. The molecule has 1 heterocycles. The quantitative estimate of drug-likeness (QED) is 0.602. The number of nitrogens with two attached hydrogens (primary N) is 1. The van der Waals surface area contributed by atoms with Crippen LogP contribution in [0.5, 0.6) is 0 Å². The Morgan fingerprint density at radius 2 is 1.60 bits per heavy atom. The largest absolute Gasteiger partial charge is 0.480 e. The number of carbonyl (C=O) groups is 2. The van der Waals surface area contributed by atoms with Gasteiger partial charge < -0.3 is 10.8 Å². The molecule has 0 spiro atoms. The van der Waals surface area contributed by atoms with Crippen molar-refractivity contribution in [2.45, 2.75) is 70.3 Å². The smallest absolute Gasteiger partial charge is 0.320 e. The summed E-state index contributed by atoms with van der Waals surface area (Å²) in [5.41, 5.74) is 5.08. The average Bonchev–Trinajstić information content (AvgIpc) is 2.42. The second-order valence-electron chi connectivity index (χ2n) is 5.72. The average molecular weight is 284 g/mol. The van der Waals surface area contributed by atoms with Gasteiger partial charge >= 0.3 is 5.97 Å². The number of amides is 1. The number of carboxylic acid groups (broad SMARTS) is 1. The van der Waals surface area contributed by atoms with E-state index in [0.29, 0.717) is 6.42 Å². The fourth-order valence-electron chi connectivity index (χ4n) is 2.86. The standard InChI is InChI=1S/C15H28N2O3/c16-14(18)10-6-3-1-2-5-9-13(15(19)20)17-11-7-4-8-12-17/h13H,1-12H2,(H2,16,18)(H,19,20). The highest BCUT2D eigenvalue weighted by Crippen LogP contribution is 2.17. The van der Waals surface area contributed by atoms with E-state index in [9.17, 15) is 14.7 Å². The SMILES string of the molecule is NC(=O)CCCCCCCC(C(=O)O)N1CCCCC1. The lowest BCUT2D eigenvalue weighted by Crippen LogP contribution is -2.44. The van der Waals surface area contributed by atoms with Crippen LogP contribution in [0, 0.1) is 0 Å². The molecule has 20 heavy (non-hydrogen) atoms. The Labute approximate surface area is 121 Å². The fraction of sp³-hybridized carbons (Fsp3) is 0.867. The number of unbranched alkanes of at least 4 members (excludes halogenated alkanes) is 4. The molecule has 1 fully saturated rings. The van der Waals surface area contributed by atoms with Crippen molar-refractivity contribution in [2.24, 2.45) is 5.73 Å². The minimum atomic E-state index is -0.680. The Balaban J connectivity index is 2.13. The summed E-state index contributed by atoms with van der Waals surface area (Å²) >= 11 is 0. The van der Waals surface area contributed by atoms with Crippen molar-refractivity contribution >= 4 is 11.9 Å². The van der Waals surface area contributed by atoms with Gasteiger partial charge in [-0.15, -0.1) is 0 Å². The first-order chi connectivity index (χ1) is 9.61. The molecule has 3 N–H and O–H groups in total. The molecule has 5 nitrogen and oxygen atoms in total. The molecule has 1 aliphatic heterocycles. The van der Waals surface area contributed by atoms with Crippen LogP contribution in [0.15, 0.2) is 0 Å². The maximum atomic E-state index is 11.3. The number of piperidine rings is 1. The van der Waals surface area contributed by atoms with Crippen LogP contribution in [0.25, 0.3) is 0 Å². The highest BCUT2D eigenvalue weighted by atomic mass is 16.4. The molecule has 1 aliphatic rings. The van der Waals surface area contributed by atoms with Gasteiger partial charge in [0, 0.05) is 6.42 Å². The van der Waals surface area contributed by atoms with Gasteiger partial charge in [0.05, 0.1) is 0 Å². The lowest BCUT2D eigenvalue weighted by Gasteiger charge is -2.32. The van der Waals surface area contributed by atoms with E-state index in [2.05, 4.69) is 4.90 Å². The molecule has 0 radical (unpaired) electrons. The number of hydrogen-bond donors (Lipinski definition) is 2. The zero-order valence-corrected chi connectivity index (χ0v) is 12.4. The van der Waals surface area contributed by atoms with E-state index in [1.165, 1.54) is 6.42 Å². The molecule has 0 aromatic carbocycles. The maximum Gasteiger partial charge on any atom is 0.320 e. The number of rotatable bonds is 10. The molecule has 0 aromatic rings. The normalized spacial score (nSPS) is 17.8. The molecular formula is C15H28N2O3. The van der Waals surface area contributed by atoms with Crippen LogP contribution in [-0.4, -0.2) is 41.0 Å². The number of likely N-dealkylation sites (tertiary alicyclic amines) is 1. The number of carboxylic acids is 1. The maximum absolute atomic E-state index is 11.3. The van der Waals surface area contributed by atoms with Crippen molar-refractivity contribution < 1.29 is 14.7 Å². The van der Waals surface area contributed by atoms with Crippen LogP contribution in [0.4, 0.5) is 0 Å². The third-order valence-corrected chi connectivity index (χ3v) is 4.02. The van der Waals surface area contributed by atoms with Gasteiger partial charge in [0.25, 0.3) is 0 Å². The summed E-state index contributed by atoms with van der Waals surface area (Å²) in [4.78, 5) is 24.0. The minimum Gasteiger partial charge on any atom is -0.480 e. The summed E-state index contributed by atoms with van der Waals surface area (Å²) in [5, 5.41) is 9.33. The highest BCUT2D eigenvalue weighted by Gasteiger charge is 2.25. The van der Waals surface area contributed by atoms with Gasteiger partial charge in [-0.05, 0) is 38.8 Å². The van der Waals surface area contributed by atoms with Gasteiger partial charge in [-0.2, -0.15) is 0 Å². The summed E-state index contributed by atoms with van der Waals surface area (Å²) in [6.07, 6.45) is 9.57. The van der Waals surface area contributed by atoms with Crippen LogP contribution in [-0.2, 0) is 9.59 Å². The van der Waals surface area contributed by atoms with Gasteiger partial charge in [0.1, 0.15) is 6.04 Å². The van der Waals surface area contributed by atoms with Crippen LogP contribution in [0.3, 0.4) is 0 Å². The van der Waals surface area contributed by atoms with E-state index >= 15 is 0 Å². The van der Waals surface area contributed by atoms with E-state index in [1.807, 2.05) is 0 Å². The topological polar surface area (TPSA) is 83.6 Å². The molecule has 0 aromatic heterocycles. The van der Waals surface area contributed by atoms with Crippen molar-refractivity contribution in [3.05, 3.63) is 0 Å². The molecule has 1 amide bonds. The molecule has 1 atom stereocenters. The van der Waals surface area contributed by atoms with Crippen LogP contribution in [0.1, 0.15) is 64.2 Å². The number of hydrogen-bond acceptors (Lipinski definition) is 3. The number of nitrogens with zero attached hydrogens (tertiary/aromatic N) is 1. The molecule has 0 aliphatic carbocycles. The monoisotopic (exact) mass is 284 g/mol. The van der Waals surface area contributed by atoms with Gasteiger partial charge in [-0.25, -0.2) is 0 Å². The summed E-state index contributed by atoms with van der Waals surface area (Å²) in [6.45, 7) is 1.85. The lowest BCUT2D eigenvalue weighted by atomic mass is 10.0. The number of aliphatic carboxylic acids is 1.